The molecule has 1 aromatic carbocycles. The minimum atomic E-state index is -0.0265. The molecule has 1 aromatic heterocycles. The van der Waals surface area contributed by atoms with E-state index in [1.165, 1.54) is 0 Å². The van der Waals surface area contributed by atoms with Crippen molar-refractivity contribution in [3.05, 3.63) is 47.8 Å². The first kappa shape index (κ1) is 13.6. The number of benzene rings is 1. The molecule has 2 nitrogen and oxygen atoms in total. The van der Waals surface area contributed by atoms with Crippen molar-refractivity contribution in [2.75, 3.05) is 0 Å². The average molecular weight is 255 g/mol. The van der Waals surface area contributed by atoms with Crippen LogP contribution in [-0.4, -0.2) is 10.4 Å². The fourth-order valence-corrected chi connectivity index (χ4v) is 2.58. The Balaban J connectivity index is 2.71. The highest BCUT2D eigenvalue weighted by atomic mass is 16.1. The van der Waals surface area contributed by atoms with Crippen molar-refractivity contribution < 1.29 is 4.79 Å². The van der Waals surface area contributed by atoms with Gasteiger partial charge in [-0.25, -0.2) is 0 Å². The molecular formula is C17H21NO. The van der Waals surface area contributed by atoms with E-state index in [-0.39, 0.29) is 11.3 Å². The van der Waals surface area contributed by atoms with Gasteiger partial charge in [0.25, 0.3) is 0 Å². The van der Waals surface area contributed by atoms with Crippen LogP contribution in [0.1, 0.15) is 43.7 Å². The lowest BCUT2D eigenvalue weighted by Gasteiger charge is -2.23. The van der Waals surface area contributed by atoms with Crippen molar-refractivity contribution in [2.24, 2.45) is 0 Å². The second-order valence-electron chi connectivity index (χ2n) is 5.97. The van der Waals surface area contributed by atoms with E-state index in [9.17, 15) is 4.79 Å². The third-order valence-electron chi connectivity index (χ3n) is 3.41. The van der Waals surface area contributed by atoms with Crippen LogP contribution >= 0.6 is 0 Å². The van der Waals surface area contributed by atoms with Crippen LogP contribution in [0.15, 0.2) is 36.5 Å². The molecule has 0 saturated carbocycles. The van der Waals surface area contributed by atoms with E-state index in [1.54, 1.807) is 6.92 Å². The van der Waals surface area contributed by atoms with Gasteiger partial charge in [0, 0.05) is 28.6 Å². The van der Waals surface area contributed by atoms with Crippen molar-refractivity contribution >= 4 is 5.78 Å². The second-order valence-corrected chi connectivity index (χ2v) is 5.97. The lowest BCUT2D eigenvalue weighted by Crippen LogP contribution is -2.22. The molecule has 100 valence electrons. The van der Waals surface area contributed by atoms with E-state index in [0.717, 1.165) is 22.4 Å². The number of hydrogen-bond acceptors (Lipinski definition) is 1. The van der Waals surface area contributed by atoms with Gasteiger partial charge in [-0.05, 0) is 40.2 Å². The number of aromatic nitrogens is 1. The molecule has 0 aliphatic heterocycles. The summed E-state index contributed by atoms with van der Waals surface area (Å²) in [5, 5.41) is 0. The molecule has 0 spiro atoms. The third kappa shape index (κ3) is 2.48. The first-order chi connectivity index (χ1) is 8.82. The SMILES string of the molecule is CC(=O)c1c(-c2ccccc2)cn(C(C)(C)C)c1C. The van der Waals surface area contributed by atoms with Crippen LogP contribution in [0.4, 0.5) is 0 Å². The summed E-state index contributed by atoms with van der Waals surface area (Å²) in [7, 11) is 0. The van der Waals surface area contributed by atoms with Gasteiger partial charge in [-0.1, -0.05) is 30.3 Å². The molecule has 0 atom stereocenters. The van der Waals surface area contributed by atoms with E-state index in [0.29, 0.717) is 0 Å². The number of rotatable bonds is 2. The second kappa shape index (κ2) is 4.69. The van der Waals surface area contributed by atoms with Crippen LogP contribution in [0.3, 0.4) is 0 Å². The monoisotopic (exact) mass is 255 g/mol. The Morgan fingerprint density at radius 2 is 1.68 bits per heavy atom. The molecule has 2 heteroatoms. The predicted octanol–water partition coefficient (Wildman–Crippen LogP) is 4.42. The van der Waals surface area contributed by atoms with Crippen LogP contribution in [0.25, 0.3) is 11.1 Å². The van der Waals surface area contributed by atoms with Gasteiger partial charge in [0.1, 0.15) is 0 Å². The zero-order chi connectivity index (χ0) is 14.2. The smallest absolute Gasteiger partial charge is 0.162 e. The lowest BCUT2D eigenvalue weighted by atomic mass is 10.0. The molecule has 0 fully saturated rings. The minimum absolute atomic E-state index is 0.0265. The normalized spacial score (nSPS) is 11.6. The molecular weight excluding hydrogens is 234 g/mol. The summed E-state index contributed by atoms with van der Waals surface area (Å²) in [6.45, 7) is 10.1. The van der Waals surface area contributed by atoms with Gasteiger partial charge in [0.15, 0.2) is 5.78 Å². The van der Waals surface area contributed by atoms with Crippen molar-refractivity contribution in [2.45, 2.75) is 40.2 Å². The van der Waals surface area contributed by atoms with Gasteiger partial charge >= 0.3 is 0 Å². The Morgan fingerprint density at radius 3 is 2.16 bits per heavy atom. The fourth-order valence-electron chi connectivity index (χ4n) is 2.58. The molecule has 0 amide bonds. The van der Waals surface area contributed by atoms with E-state index < -0.39 is 0 Å². The molecule has 0 saturated heterocycles. The van der Waals surface area contributed by atoms with E-state index in [1.807, 2.05) is 37.3 Å². The number of Topliss-reactive ketones (excluding diaryl/α,β-unsaturated/α-hetero) is 1. The third-order valence-corrected chi connectivity index (χ3v) is 3.41. The highest BCUT2D eigenvalue weighted by molar-refractivity contribution is 6.02. The molecule has 0 bridgehead atoms. The fraction of sp³-hybridized carbons (Fsp3) is 0.353. The summed E-state index contributed by atoms with van der Waals surface area (Å²) in [4.78, 5) is 12.0. The number of carbonyl (C=O) groups is 1. The molecule has 0 aliphatic carbocycles. The van der Waals surface area contributed by atoms with Crippen molar-refractivity contribution in [1.29, 1.82) is 0 Å². The van der Waals surface area contributed by atoms with Gasteiger partial charge in [0.2, 0.25) is 0 Å². The van der Waals surface area contributed by atoms with E-state index in [4.69, 9.17) is 0 Å². The van der Waals surface area contributed by atoms with Gasteiger partial charge in [-0.15, -0.1) is 0 Å². The maximum Gasteiger partial charge on any atom is 0.162 e. The van der Waals surface area contributed by atoms with Gasteiger partial charge < -0.3 is 4.57 Å². The quantitative estimate of drug-likeness (QED) is 0.728. The molecule has 0 aliphatic rings. The summed E-state index contributed by atoms with van der Waals surface area (Å²) in [6, 6.07) is 10.1. The van der Waals surface area contributed by atoms with Crippen LogP contribution in [0.5, 0.6) is 0 Å². The Bertz CT molecular complexity index is 600. The van der Waals surface area contributed by atoms with Gasteiger partial charge in [-0.3, -0.25) is 4.79 Å². The minimum Gasteiger partial charge on any atom is -0.345 e. The largest absolute Gasteiger partial charge is 0.345 e. The van der Waals surface area contributed by atoms with Crippen molar-refractivity contribution in [3.63, 3.8) is 0 Å². The molecule has 2 rings (SSSR count). The average Bonchev–Trinajstić information content (AvgIpc) is 2.68. The van der Waals surface area contributed by atoms with Gasteiger partial charge in [-0.2, -0.15) is 0 Å². The molecule has 2 aromatic rings. The summed E-state index contributed by atoms with van der Waals surface area (Å²) in [5.74, 6) is 0.124. The van der Waals surface area contributed by atoms with E-state index >= 15 is 0 Å². The Hall–Kier alpha value is -1.83. The molecule has 0 N–H and O–H groups in total. The number of hydrogen-bond donors (Lipinski definition) is 0. The molecule has 1 heterocycles. The first-order valence-electron chi connectivity index (χ1n) is 6.61. The molecule has 19 heavy (non-hydrogen) atoms. The summed E-state index contributed by atoms with van der Waals surface area (Å²) >= 11 is 0. The van der Waals surface area contributed by atoms with E-state index in [2.05, 4.69) is 31.5 Å². The van der Waals surface area contributed by atoms with Crippen LogP contribution in [0.2, 0.25) is 0 Å². The Labute approximate surface area is 115 Å². The summed E-state index contributed by atoms with van der Waals surface area (Å²) in [5.41, 5.74) is 3.97. The molecule has 0 unspecified atom stereocenters. The van der Waals surface area contributed by atoms with Crippen LogP contribution in [-0.2, 0) is 5.54 Å². The summed E-state index contributed by atoms with van der Waals surface area (Å²) < 4.78 is 2.19. The Morgan fingerprint density at radius 1 is 1.11 bits per heavy atom. The van der Waals surface area contributed by atoms with Gasteiger partial charge in [0.05, 0.1) is 0 Å². The lowest BCUT2D eigenvalue weighted by molar-refractivity contribution is 0.101. The standard InChI is InChI=1S/C17H21NO/c1-12-16(13(2)19)15(11-18(12)17(3,4)5)14-9-7-6-8-10-14/h6-11H,1-5H3. The van der Waals surface area contributed by atoms with Crippen molar-refractivity contribution in [3.8, 4) is 11.1 Å². The zero-order valence-electron chi connectivity index (χ0n) is 12.3. The van der Waals surface area contributed by atoms with Crippen LogP contribution < -0.4 is 0 Å². The van der Waals surface area contributed by atoms with Crippen molar-refractivity contribution in [1.82, 2.24) is 4.57 Å². The number of carbonyl (C=O) groups excluding carboxylic acids is 1. The topological polar surface area (TPSA) is 22.0 Å². The molecule has 0 radical (unpaired) electrons. The Kier molecular flexibility index (Phi) is 3.36. The zero-order valence-corrected chi connectivity index (χ0v) is 12.3. The maximum atomic E-state index is 12.0. The van der Waals surface area contributed by atoms with Crippen LogP contribution in [0, 0.1) is 6.92 Å². The number of nitrogens with zero attached hydrogens (tertiary/aromatic N) is 1. The highest BCUT2D eigenvalue weighted by Crippen LogP contribution is 2.31. The first-order valence-corrected chi connectivity index (χ1v) is 6.61. The predicted molar refractivity (Wildman–Crippen MR) is 79.6 cm³/mol. The number of ketones is 1. The maximum absolute atomic E-state index is 12.0. The summed E-state index contributed by atoms with van der Waals surface area (Å²) in [6.07, 6.45) is 2.10. The highest BCUT2D eigenvalue weighted by Gasteiger charge is 2.23.